The Balaban J connectivity index is 2.36. The lowest BCUT2D eigenvalue weighted by Gasteiger charge is -2.09. The van der Waals surface area contributed by atoms with Crippen LogP contribution >= 0.6 is 23.8 Å². The molecule has 0 unspecified atom stereocenters. The summed E-state index contributed by atoms with van der Waals surface area (Å²) in [5.41, 5.74) is 5.96. The number of anilines is 1. The van der Waals surface area contributed by atoms with Crippen LogP contribution in [0.2, 0.25) is 5.02 Å². The minimum Gasteiger partial charge on any atom is -0.389 e. The summed E-state index contributed by atoms with van der Waals surface area (Å²) in [6.45, 7) is 0. The topological polar surface area (TPSA) is 72.2 Å². The van der Waals surface area contributed by atoms with Gasteiger partial charge in [-0.2, -0.15) is 0 Å². The third kappa shape index (κ3) is 3.69. The Bertz CT molecular complexity index is 810. The van der Waals surface area contributed by atoms with Gasteiger partial charge in [0.1, 0.15) is 10.8 Å². The van der Waals surface area contributed by atoms with Crippen LogP contribution in [0, 0.1) is 5.82 Å². The van der Waals surface area contributed by atoms with E-state index in [9.17, 15) is 12.8 Å². The summed E-state index contributed by atoms with van der Waals surface area (Å²) in [6, 6.07) is 9.47. The van der Waals surface area contributed by atoms with Gasteiger partial charge in [0.15, 0.2) is 0 Å². The molecule has 0 spiro atoms. The molecule has 0 heterocycles. The van der Waals surface area contributed by atoms with Gasteiger partial charge in [-0.05, 0) is 30.3 Å². The SMILES string of the molecule is NC(=S)c1cccc(S(=O)(=O)Nc2ccc(Cl)c(F)c2)c1. The summed E-state index contributed by atoms with van der Waals surface area (Å²) in [5.74, 6) is -0.714. The molecule has 0 aliphatic carbocycles. The fourth-order valence-electron chi connectivity index (χ4n) is 1.59. The van der Waals surface area contributed by atoms with Crippen molar-refractivity contribution in [1.82, 2.24) is 0 Å². The Kier molecular flexibility index (Phi) is 4.46. The van der Waals surface area contributed by atoms with E-state index < -0.39 is 15.8 Å². The van der Waals surface area contributed by atoms with E-state index in [-0.39, 0.29) is 20.6 Å². The maximum atomic E-state index is 13.3. The van der Waals surface area contributed by atoms with Crippen LogP contribution in [0.15, 0.2) is 47.4 Å². The molecule has 0 aromatic heterocycles. The number of thiocarbonyl (C=S) groups is 1. The van der Waals surface area contributed by atoms with E-state index in [4.69, 9.17) is 29.6 Å². The Hall–Kier alpha value is -1.70. The average molecular weight is 345 g/mol. The van der Waals surface area contributed by atoms with Crippen LogP contribution in [0.25, 0.3) is 0 Å². The van der Waals surface area contributed by atoms with Gasteiger partial charge >= 0.3 is 0 Å². The molecule has 8 heteroatoms. The maximum Gasteiger partial charge on any atom is 0.261 e. The molecular formula is C13H10ClFN2O2S2. The van der Waals surface area contributed by atoms with Gasteiger partial charge in [0.25, 0.3) is 10.0 Å². The predicted molar refractivity (Wildman–Crippen MR) is 84.5 cm³/mol. The largest absolute Gasteiger partial charge is 0.389 e. The van der Waals surface area contributed by atoms with E-state index in [0.717, 1.165) is 6.07 Å². The maximum absolute atomic E-state index is 13.3. The lowest BCUT2D eigenvalue weighted by molar-refractivity contribution is 0.601. The van der Waals surface area contributed by atoms with Gasteiger partial charge in [0.05, 0.1) is 15.6 Å². The van der Waals surface area contributed by atoms with E-state index in [0.29, 0.717) is 5.56 Å². The van der Waals surface area contributed by atoms with E-state index in [2.05, 4.69) is 4.72 Å². The molecule has 2 rings (SSSR count). The Labute approximate surface area is 131 Å². The summed E-state index contributed by atoms with van der Waals surface area (Å²) < 4.78 is 40.0. The van der Waals surface area contributed by atoms with Gasteiger partial charge in [0.2, 0.25) is 0 Å². The fraction of sp³-hybridized carbons (Fsp3) is 0. The number of nitrogens with one attached hydrogen (secondary N) is 1. The monoisotopic (exact) mass is 344 g/mol. The van der Waals surface area contributed by atoms with Crippen LogP contribution in [-0.4, -0.2) is 13.4 Å². The number of hydrogen-bond donors (Lipinski definition) is 2. The molecule has 21 heavy (non-hydrogen) atoms. The van der Waals surface area contributed by atoms with Crippen molar-refractivity contribution < 1.29 is 12.8 Å². The van der Waals surface area contributed by atoms with Gasteiger partial charge in [-0.25, -0.2) is 12.8 Å². The second kappa shape index (κ2) is 5.97. The highest BCUT2D eigenvalue weighted by atomic mass is 35.5. The molecule has 2 aromatic carbocycles. The summed E-state index contributed by atoms with van der Waals surface area (Å²) in [5, 5.41) is -0.0894. The van der Waals surface area contributed by atoms with E-state index in [1.807, 2.05) is 0 Å². The molecule has 110 valence electrons. The van der Waals surface area contributed by atoms with Gasteiger partial charge in [-0.3, -0.25) is 4.72 Å². The van der Waals surface area contributed by atoms with Crippen LogP contribution in [-0.2, 0) is 10.0 Å². The quantitative estimate of drug-likeness (QED) is 0.836. The summed E-state index contributed by atoms with van der Waals surface area (Å²) in [6.07, 6.45) is 0. The van der Waals surface area contributed by atoms with Gasteiger partial charge < -0.3 is 5.73 Å². The zero-order valence-electron chi connectivity index (χ0n) is 10.5. The first-order valence-electron chi connectivity index (χ1n) is 5.67. The minimum atomic E-state index is -3.87. The molecule has 0 radical (unpaired) electrons. The molecule has 0 fully saturated rings. The van der Waals surface area contributed by atoms with E-state index in [1.165, 1.54) is 30.3 Å². The highest BCUT2D eigenvalue weighted by molar-refractivity contribution is 7.92. The summed E-state index contributed by atoms with van der Waals surface area (Å²) >= 11 is 10.3. The minimum absolute atomic E-state index is 0.0249. The highest BCUT2D eigenvalue weighted by Gasteiger charge is 2.16. The zero-order valence-corrected chi connectivity index (χ0v) is 12.9. The van der Waals surface area contributed by atoms with Crippen molar-refractivity contribution >= 4 is 44.5 Å². The summed E-state index contributed by atoms with van der Waals surface area (Å²) in [4.78, 5) is 0.0627. The average Bonchev–Trinajstić information content (AvgIpc) is 2.43. The number of nitrogens with two attached hydrogens (primary N) is 1. The number of benzene rings is 2. The molecule has 0 aliphatic rings. The predicted octanol–water partition coefficient (Wildman–Crippen LogP) is 2.91. The van der Waals surface area contributed by atoms with E-state index in [1.54, 1.807) is 6.07 Å². The Morgan fingerprint density at radius 1 is 1.24 bits per heavy atom. The van der Waals surface area contributed by atoms with Crippen LogP contribution < -0.4 is 10.5 Å². The molecule has 0 saturated carbocycles. The normalized spacial score (nSPS) is 11.1. The first-order valence-corrected chi connectivity index (χ1v) is 7.94. The first kappa shape index (κ1) is 15.7. The summed E-state index contributed by atoms with van der Waals surface area (Å²) in [7, 11) is -3.87. The van der Waals surface area contributed by atoms with Gasteiger partial charge in [-0.15, -0.1) is 0 Å². The number of sulfonamides is 1. The van der Waals surface area contributed by atoms with Crippen molar-refractivity contribution in [2.45, 2.75) is 4.90 Å². The van der Waals surface area contributed by atoms with Crippen molar-refractivity contribution in [1.29, 1.82) is 0 Å². The molecule has 0 aliphatic heterocycles. The molecular weight excluding hydrogens is 335 g/mol. The van der Waals surface area contributed by atoms with Crippen molar-refractivity contribution in [2.24, 2.45) is 5.73 Å². The van der Waals surface area contributed by atoms with Crippen LogP contribution in [0.3, 0.4) is 0 Å². The second-order valence-electron chi connectivity index (χ2n) is 4.13. The Morgan fingerprint density at radius 2 is 1.95 bits per heavy atom. The zero-order chi connectivity index (χ0) is 15.6. The lowest BCUT2D eigenvalue weighted by Crippen LogP contribution is -2.15. The smallest absolute Gasteiger partial charge is 0.261 e. The van der Waals surface area contributed by atoms with Crippen molar-refractivity contribution in [3.8, 4) is 0 Å². The lowest BCUT2D eigenvalue weighted by atomic mass is 10.2. The number of halogens is 2. The van der Waals surface area contributed by atoms with E-state index >= 15 is 0 Å². The van der Waals surface area contributed by atoms with Crippen molar-refractivity contribution in [3.05, 3.63) is 58.9 Å². The third-order valence-electron chi connectivity index (χ3n) is 2.60. The molecule has 0 saturated heterocycles. The Morgan fingerprint density at radius 3 is 2.57 bits per heavy atom. The molecule has 3 N–H and O–H groups in total. The fourth-order valence-corrected chi connectivity index (χ4v) is 2.93. The second-order valence-corrected chi connectivity index (χ2v) is 6.66. The van der Waals surface area contributed by atoms with Crippen LogP contribution in [0.1, 0.15) is 5.56 Å². The van der Waals surface area contributed by atoms with Crippen LogP contribution in [0.5, 0.6) is 0 Å². The molecule has 0 atom stereocenters. The van der Waals surface area contributed by atoms with Crippen LogP contribution in [0.4, 0.5) is 10.1 Å². The van der Waals surface area contributed by atoms with Crippen molar-refractivity contribution in [2.75, 3.05) is 4.72 Å². The highest BCUT2D eigenvalue weighted by Crippen LogP contribution is 2.22. The third-order valence-corrected chi connectivity index (χ3v) is 4.52. The number of rotatable bonds is 4. The first-order chi connectivity index (χ1) is 9.79. The van der Waals surface area contributed by atoms with Gasteiger partial charge in [-0.1, -0.05) is 36.0 Å². The standard InChI is InChI=1S/C13H10ClFN2O2S2/c14-11-5-4-9(7-12(11)15)17-21(18,19)10-3-1-2-8(6-10)13(16)20/h1-7,17H,(H2,16,20). The molecule has 2 aromatic rings. The number of hydrogen-bond acceptors (Lipinski definition) is 3. The van der Waals surface area contributed by atoms with Crippen molar-refractivity contribution in [3.63, 3.8) is 0 Å². The van der Waals surface area contributed by atoms with Gasteiger partial charge in [0, 0.05) is 5.56 Å². The molecule has 0 bridgehead atoms. The molecule has 4 nitrogen and oxygen atoms in total. The molecule has 0 amide bonds.